The van der Waals surface area contributed by atoms with Gasteiger partial charge in [0.2, 0.25) is 5.91 Å². The average Bonchev–Trinajstić information content (AvgIpc) is 2.90. The van der Waals surface area contributed by atoms with Crippen molar-refractivity contribution < 1.29 is 9.59 Å². The fraction of sp³-hybridized carbons (Fsp3) is 0.583. The number of hydrogen-bond acceptors (Lipinski definition) is 4. The Morgan fingerprint density at radius 3 is 2.94 bits per heavy atom. The van der Waals surface area contributed by atoms with Gasteiger partial charge in [-0.1, -0.05) is 0 Å². The van der Waals surface area contributed by atoms with Gasteiger partial charge >= 0.3 is 0 Å². The molecule has 0 radical (unpaired) electrons. The van der Waals surface area contributed by atoms with Crippen molar-refractivity contribution >= 4 is 23.2 Å². The van der Waals surface area contributed by atoms with Crippen molar-refractivity contribution in [3.63, 3.8) is 0 Å². The predicted octanol–water partition coefficient (Wildman–Crippen LogP) is 1.13. The van der Waals surface area contributed by atoms with E-state index in [-0.39, 0.29) is 11.8 Å². The normalized spacial score (nSPS) is 23.8. The Balaban J connectivity index is 2.12. The number of aromatic nitrogens is 1. The highest BCUT2D eigenvalue weighted by Crippen LogP contribution is 2.30. The second kappa shape index (κ2) is 5.06. The summed E-state index contributed by atoms with van der Waals surface area (Å²) in [6.45, 7) is 3.07. The number of hydrogen-bond donors (Lipinski definition) is 1. The molecule has 1 N–H and O–H groups in total. The lowest BCUT2D eigenvalue weighted by Gasteiger charge is -2.38. The molecule has 1 aliphatic rings. The van der Waals surface area contributed by atoms with Gasteiger partial charge in [-0.15, -0.1) is 11.3 Å². The molecule has 0 bridgehead atoms. The van der Waals surface area contributed by atoms with Gasteiger partial charge in [-0.3, -0.25) is 9.59 Å². The van der Waals surface area contributed by atoms with Crippen molar-refractivity contribution in [2.24, 2.45) is 5.41 Å². The highest BCUT2D eigenvalue weighted by atomic mass is 32.1. The lowest BCUT2D eigenvalue weighted by atomic mass is 9.81. The third kappa shape index (κ3) is 2.38. The van der Waals surface area contributed by atoms with Crippen molar-refractivity contribution in [1.82, 2.24) is 15.2 Å². The molecular formula is C12H17N3O2S. The van der Waals surface area contributed by atoms with Crippen LogP contribution in [0.3, 0.4) is 0 Å². The second-order valence-electron chi connectivity index (χ2n) is 4.84. The number of likely N-dealkylation sites (tertiary alicyclic amines) is 1. The first kappa shape index (κ1) is 13.0. The SMILES string of the molecule is CNC(=O)[C@]1(C)CCCN(C(=O)c2cscn2)C1. The molecule has 6 heteroatoms. The van der Waals surface area contributed by atoms with Crippen molar-refractivity contribution in [2.75, 3.05) is 20.1 Å². The Morgan fingerprint density at radius 2 is 2.33 bits per heavy atom. The van der Waals surface area contributed by atoms with E-state index in [9.17, 15) is 9.59 Å². The minimum absolute atomic E-state index is 0.00159. The van der Waals surface area contributed by atoms with Gasteiger partial charge in [-0.2, -0.15) is 0 Å². The molecule has 1 fully saturated rings. The van der Waals surface area contributed by atoms with Crippen molar-refractivity contribution in [1.29, 1.82) is 0 Å². The molecule has 0 unspecified atom stereocenters. The van der Waals surface area contributed by atoms with E-state index in [4.69, 9.17) is 0 Å². The van der Waals surface area contributed by atoms with Gasteiger partial charge in [0.1, 0.15) is 5.69 Å². The van der Waals surface area contributed by atoms with Crippen LogP contribution in [-0.2, 0) is 4.79 Å². The molecular weight excluding hydrogens is 250 g/mol. The first-order chi connectivity index (χ1) is 8.57. The highest BCUT2D eigenvalue weighted by Gasteiger charge is 2.39. The van der Waals surface area contributed by atoms with Crippen LogP contribution in [0.5, 0.6) is 0 Å². The topological polar surface area (TPSA) is 62.3 Å². The zero-order valence-corrected chi connectivity index (χ0v) is 11.4. The average molecular weight is 267 g/mol. The van der Waals surface area contributed by atoms with E-state index in [1.807, 2.05) is 6.92 Å². The molecule has 1 aromatic rings. The van der Waals surface area contributed by atoms with Crippen LogP contribution in [0.1, 0.15) is 30.3 Å². The van der Waals surface area contributed by atoms with Gasteiger partial charge in [-0.25, -0.2) is 4.98 Å². The Labute approximate surface area is 110 Å². The molecule has 0 aromatic carbocycles. The summed E-state index contributed by atoms with van der Waals surface area (Å²) in [6, 6.07) is 0. The maximum Gasteiger partial charge on any atom is 0.273 e. The molecule has 5 nitrogen and oxygen atoms in total. The molecule has 1 atom stereocenters. The maximum atomic E-state index is 12.2. The molecule has 1 aromatic heterocycles. The van der Waals surface area contributed by atoms with Crippen molar-refractivity contribution in [3.8, 4) is 0 Å². The summed E-state index contributed by atoms with van der Waals surface area (Å²) in [5.41, 5.74) is 1.63. The summed E-state index contributed by atoms with van der Waals surface area (Å²) < 4.78 is 0. The Hall–Kier alpha value is -1.43. The van der Waals surface area contributed by atoms with Crippen LogP contribution in [0, 0.1) is 5.41 Å². The number of nitrogens with one attached hydrogen (secondary N) is 1. The van der Waals surface area contributed by atoms with E-state index in [1.54, 1.807) is 22.8 Å². The van der Waals surface area contributed by atoms with E-state index in [0.717, 1.165) is 12.8 Å². The molecule has 0 aliphatic carbocycles. The molecule has 98 valence electrons. The van der Waals surface area contributed by atoms with E-state index >= 15 is 0 Å². The number of carbonyl (C=O) groups is 2. The fourth-order valence-corrected chi connectivity index (χ4v) is 2.91. The Kier molecular flexibility index (Phi) is 3.65. The first-order valence-electron chi connectivity index (χ1n) is 5.96. The van der Waals surface area contributed by atoms with Gasteiger partial charge < -0.3 is 10.2 Å². The van der Waals surface area contributed by atoms with Gasteiger partial charge in [0.25, 0.3) is 5.91 Å². The summed E-state index contributed by atoms with van der Waals surface area (Å²) in [5, 5.41) is 4.42. The highest BCUT2D eigenvalue weighted by molar-refractivity contribution is 7.07. The number of carbonyl (C=O) groups excluding carboxylic acids is 2. The number of nitrogens with zero attached hydrogens (tertiary/aromatic N) is 2. The summed E-state index contributed by atoms with van der Waals surface area (Å²) in [7, 11) is 1.63. The van der Waals surface area contributed by atoms with Crippen LogP contribution in [0.15, 0.2) is 10.9 Å². The summed E-state index contributed by atoms with van der Waals surface area (Å²) in [5.74, 6) is -0.0793. The quantitative estimate of drug-likeness (QED) is 0.873. The number of thiazole rings is 1. The van der Waals surface area contributed by atoms with Crippen molar-refractivity contribution in [3.05, 3.63) is 16.6 Å². The summed E-state index contributed by atoms with van der Waals surface area (Å²) in [4.78, 5) is 29.8. The van der Waals surface area contributed by atoms with E-state index in [2.05, 4.69) is 10.3 Å². The third-order valence-corrected chi connectivity index (χ3v) is 4.00. The molecule has 0 spiro atoms. The minimum atomic E-state index is -0.487. The van der Waals surface area contributed by atoms with Crippen LogP contribution < -0.4 is 5.32 Å². The third-order valence-electron chi connectivity index (χ3n) is 3.41. The zero-order valence-electron chi connectivity index (χ0n) is 10.6. The summed E-state index contributed by atoms with van der Waals surface area (Å²) >= 11 is 1.40. The lowest BCUT2D eigenvalue weighted by molar-refractivity contribution is -0.132. The van der Waals surface area contributed by atoms with Gasteiger partial charge in [-0.05, 0) is 19.8 Å². The van der Waals surface area contributed by atoms with Gasteiger partial charge in [0.15, 0.2) is 0 Å². The molecule has 1 aliphatic heterocycles. The number of amides is 2. The van der Waals surface area contributed by atoms with Crippen LogP contribution >= 0.6 is 11.3 Å². The lowest BCUT2D eigenvalue weighted by Crippen LogP contribution is -2.51. The van der Waals surface area contributed by atoms with Gasteiger partial charge in [0, 0.05) is 25.5 Å². The fourth-order valence-electron chi connectivity index (χ4n) is 2.38. The van der Waals surface area contributed by atoms with E-state index < -0.39 is 5.41 Å². The summed E-state index contributed by atoms with van der Waals surface area (Å²) in [6.07, 6.45) is 1.66. The number of piperidine rings is 1. The van der Waals surface area contributed by atoms with Crippen molar-refractivity contribution in [2.45, 2.75) is 19.8 Å². The smallest absolute Gasteiger partial charge is 0.273 e. The largest absolute Gasteiger partial charge is 0.359 e. The number of rotatable bonds is 2. The van der Waals surface area contributed by atoms with E-state index in [1.165, 1.54) is 11.3 Å². The minimum Gasteiger partial charge on any atom is -0.359 e. The maximum absolute atomic E-state index is 12.2. The van der Waals surface area contributed by atoms with Gasteiger partial charge in [0.05, 0.1) is 10.9 Å². The van der Waals surface area contributed by atoms with E-state index in [0.29, 0.717) is 18.8 Å². The monoisotopic (exact) mass is 267 g/mol. The molecule has 2 amide bonds. The molecule has 18 heavy (non-hydrogen) atoms. The standard InChI is InChI=1S/C12H17N3O2S/c1-12(11(17)13-2)4-3-5-15(7-12)10(16)9-6-18-8-14-9/h6,8H,3-5,7H2,1-2H3,(H,13,17)/t12-/m1/s1. The Morgan fingerprint density at radius 1 is 1.56 bits per heavy atom. The molecule has 2 rings (SSSR count). The predicted molar refractivity (Wildman–Crippen MR) is 69.4 cm³/mol. The zero-order chi connectivity index (χ0) is 13.2. The molecule has 0 saturated carbocycles. The van der Waals surface area contributed by atoms with Crippen LogP contribution in [0.4, 0.5) is 0 Å². The Bertz CT molecular complexity index is 446. The second-order valence-corrected chi connectivity index (χ2v) is 5.56. The molecule has 1 saturated heterocycles. The van der Waals surface area contributed by atoms with Crippen LogP contribution in [-0.4, -0.2) is 41.8 Å². The van der Waals surface area contributed by atoms with Crippen LogP contribution in [0.2, 0.25) is 0 Å². The molecule has 2 heterocycles. The first-order valence-corrected chi connectivity index (χ1v) is 6.91. The van der Waals surface area contributed by atoms with Crippen LogP contribution in [0.25, 0.3) is 0 Å².